The SMILES string of the molecule is [CH2]CNCC[NH]. The Balaban J connectivity index is 2.34. The van der Waals surface area contributed by atoms with Gasteiger partial charge in [0, 0.05) is 13.1 Å². The second-order valence-electron chi connectivity index (χ2n) is 1.000. The van der Waals surface area contributed by atoms with Crippen LogP contribution in [0, 0.1) is 6.92 Å². The van der Waals surface area contributed by atoms with Gasteiger partial charge in [-0.15, -0.1) is 0 Å². The summed E-state index contributed by atoms with van der Waals surface area (Å²) < 4.78 is 0. The van der Waals surface area contributed by atoms with Crippen molar-refractivity contribution in [3.63, 3.8) is 0 Å². The first-order chi connectivity index (χ1) is 2.91. The van der Waals surface area contributed by atoms with Crippen LogP contribution in [0.4, 0.5) is 0 Å². The molecule has 0 unspecified atom stereocenters. The highest BCUT2D eigenvalue weighted by atomic mass is 14.9. The molecule has 0 heterocycles. The van der Waals surface area contributed by atoms with Crippen molar-refractivity contribution in [3.05, 3.63) is 6.92 Å². The molecule has 0 rings (SSSR count). The first kappa shape index (κ1) is 5.92. The molecule has 0 aliphatic heterocycles. The molecule has 0 amide bonds. The summed E-state index contributed by atoms with van der Waals surface area (Å²) in [6, 6.07) is 0. The molecular formula is C4H10N2. The van der Waals surface area contributed by atoms with Crippen molar-refractivity contribution in [3.8, 4) is 0 Å². The normalized spacial score (nSPS) is 9.00. The lowest BCUT2D eigenvalue weighted by Crippen LogP contribution is -2.17. The third kappa shape index (κ3) is 3.92. The van der Waals surface area contributed by atoms with Gasteiger partial charge in [0.25, 0.3) is 0 Å². The lowest BCUT2D eigenvalue weighted by atomic mass is 10.6. The molecule has 0 saturated carbocycles. The molecule has 2 heteroatoms. The topological polar surface area (TPSA) is 35.8 Å². The molecule has 0 atom stereocenters. The van der Waals surface area contributed by atoms with E-state index in [-0.39, 0.29) is 0 Å². The van der Waals surface area contributed by atoms with Crippen LogP contribution >= 0.6 is 0 Å². The molecule has 2 N–H and O–H groups in total. The van der Waals surface area contributed by atoms with E-state index in [1.807, 2.05) is 0 Å². The van der Waals surface area contributed by atoms with E-state index in [2.05, 4.69) is 12.2 Å². The van der Waals surface area contributed by atoms with Crippen molar-refractivity contribution >= 4 is 0 Å². The van der Waals surface area contributed by atoms with Crippen LogP contribution in [-0.4, -0.2) is 19.6 Å². The van der Waals surface area contributed by atoms with Gasteiger partial charge < -0.3 is 5.32 Å². The van der Waals surface area contributed by atoms with Crippen LogP contribution < -0.4 is 11.1 Å². The fourth-order valence-corrected chi connectivity index (χ4v) is 0.213. The summed E-state index contributed by atoms with van der Waals surface area (Å²) in [6.45, 7) is 5.48. The molecule has 2 nitrogen and oxygen atoms in total. The maximum absolute atomic E-state index is 6.62. The maximum atomic E-state index is 6.62. The van der Waals surface area contributed by atoms with Crippen molar-refractivity contribution in [2.45, 2.75) is 0 Å². The summed E-state index contributed by atoms with van der Waals surface area (Å²) in [5.74, 6) is 0. The minimum Gasteiger partial charge on any atom is -0.315 e. The smallest absolute Gasteiger partial charge is 0.0225 e. The van der Waals surface area contributed by atoms with Crippen LogP contribution in [0.25, 0.3) is 0 Å². The number of hydrogen-bond donors (Lipinski definition) is 1. The maximum Gasteiger partial charge on any atom is 0.0225 e. The molecular weight excluding hydrogens is 76.1 g/mol. The fourth-order valence-electron chi connectivity index (χ4n) is 0.213. The molecule has 6 heavy (non-hydrogen) atoms. The number of rotatable bonds is 3. The van der Waals surface area contributed by atoms with Gasteiger partial charge >= 0.3 is 0 Å². The van der Waals surface area contributed by atoms with Gasteiger partial charge in [-0.05, 0) is 13.5 Å². The van der Waals surface area contributed by atoms with Crippen molar-refractivity contribution in [1.82, 2.24) is 11.1 Å². The lowest BCUT2D eigenvalue weighted by molar-refractivity contribution is 0.744. The quantitative estimate of drug-likeness (QED) is 0.470. The van der Waals surface area contributed by atoms with Crippen LogP contribution in [0.5, 0.6) is 0 Å². The number of nitrogens with one attached hydrogen (secondary N) is 2. The molecule has 0 bridgehead atoms. The molecule has 0 aliphatic rings. The molecule has 2 radical (unpaired) electrons. The van der Waals surface area contributed by atoms with E-state index in [0.29, 0.717) is 6.54 Å². The highest BCUT2D eigenvalue weighted by molar-refractivity contribution is 4.45. The van der Waals surface area contributed by atoms with Crippen LogP contribution in [0.15, 0.2) is 0 Å². The zero-order valence-electron chi connectivity index (χ0n) is 3.83. The first-order valence-corrected chi connectivity index (χ1v) is 2.06. The Kier molecular flexibility index (Phi) is 4.85. The van der Waals surface area contributed by atoms with E-state index < -0.39 is 0 Å². The van der Waals surface area contributed by atoms with Crippen molar-refractivity contribution < 1.29 is 0 Å². The van der Waals surface area contributed by atoms with Gasteiger partial charge in [0.05, 0.1) is 0 Å². The van der Waals surface area contributed by atoms with Crippen molar-refractivity contribution in [1.29, 1.82) is 0 Å². The third-order valence-electron chi connectivity index (χ3n) is 0.479. The zero-order valence-corrected chi connectivity index (χ0v) is 3.83. The summed E-state index contributed by atoms with van der Waals surface area (Å²) in [4.78, 5) is 0. The largest absolute Gasteiger partial charge is 0.315 e. The highest BCUT2D eigenvalue weighted by Crippen LogP contribution is 1.49. The van der Waals surface area contributed by atoms with Crippen molar-refractivity contribution in [2.75, 3.05) is 19.6 Å². The molecule has 36 valence electrons. The van der Waals surface area contributed by atoms with Gasteiger partial charge in [-0.1, -0.05) is 0 Å². The minimum atomic E-state index is 0.454. The summed E-state index contributed by atoms with van der Waals surface area (Å²) in [5, 5.41) is 2.90. The summed E-state index contributed by atoms with van der Waals surface area (Å²) in [5.41, 5.74) is 6.62. The zero-order chi connectivity index (χ0) is 4.83. The standard InChI is InChI=1S/C4H10N2/c1-2-6-4-3-5/h5-6H,1-4H2. The van der Waals surface area contributed by atoms with E-state index in [0.717, 1.165) is 13.1 Å². The lowest BCUT2D eigenvalue weighted by Gasteiger charge is -1.91. The Morgan fingerprint density at radius 2 is 2.33 bits per heavy atom. The molecule has 0 aromatic heterocycles. The van der Waals surface area contributed by atoms with Gasteiger partial charge in [-0.3, -0.25) is 5.73 Å². The number of hydrogen-bond acceptors (Lipinski definition) is 1. The average molecular weight is 86.1 g/mol. The van der Waals surface area contributed by atoms with Crippen LogP contribution in [0.1, 0.15) is 0 Å². The molecule has 0 aromatic carbocycles. The van der Waals surface area contributed by atoms with Gasteiger partial charge in [-0.25, -0.2) is 0 Å². The van der Waals surface area contributed by atoms with Gasteiger partial charge in [0.15, 0.2) is 0 Å². The Bertz CT molecular complexity index is 17.5. The fraction of sp³-hybridized carbons (Fsp3) is 0.750. The van der Waals surface area contributed by atoms with Crippen LogP contribution in [0.2, 0.25) is 0 Å². The monoisotopic (exact) mass is 86.1 g/mol. The van der Waals surface area contributed by atoms with E-state index >= 15 is 0 Å². The predicted octanol–water partition coefficient (Wildman–Crippen LogP) is -0.307. The van der Waals surface area contributed by atoms with E-state index in [9.17, 15) is 0 Å². The minimum absolute atomic E-state index is 0.454. The summed E-state index contributed by atoms with van der Waals surface area (Å²) >= 11 is 0. The molecule has 0 aromatic rings. The van der Waals surface area contributed by atoms with Gasteiger partial charge in [-0.2, -0.15) is 0 Å². The van der Waals surface area contributed by atoms with E-state index in [1.54, 1.807) is 0 Å². The second-order valence-corrected chi connectivity index (χ2v) is 1.000. The predicted molar refractivity (Wildman–Crippen MR) is 26.2 cm³/mol. The Hall–Kier alpha value is -0.0800. The third-order valence-corrected chi connectivity index (χ3v) is 0.479. The van der Waals surface area contributed by atoms with Crippen LogP contribution in [0.3, 0.4) is 0 Å². The first-order valence-electron chi connectivity index (χ1n) is 2.06. The average Bonchev–Trinajstić information content (AvgIpc) is 1.61. The summed E-state index contributed by atoms with van der Waals surface area (Å²) in [6.07, 6.45) is 0. The highest BCUT2D eigenvalue weighted by Gasteiger charge is 1.72. The Morgan fingerprint density at radius 1 is 1.67 bits per heavy atom. The van der Waals surface area contributed by atoms with E-state index in [1.165, 1.54) is 0 Å². The Labute approximate surface area is 38.7 Å². The Morgan fingerprint density at radius 3 is 2.50 bits per heavy atom. The molecule has 0 spiro atoms. The van der Waals surface area contributed by atoms with E-state index in [4.69, 9.17) is 5.73 Å². The van der Waals surface area contributed by atoms with Crippen LogP contribution in [-0.2, 0) is 0 Å². The van der Waals surface area contributed by atoms with Gasteiger partial charge in [0.2, 0.25) is 0 Å². The molecule has 0 saturated heterocycles. The molecule has 0 fully saturated rings. The molecule has 0 aliphatic carbocycles. The summed E-state index contributed by atoms with van der Waals surface area (Å²) in [7, 11) is 0. The second kappa shape index (κ2) is 4.92. The van der Waals surface area contributed by atoms with Crippen molar-refractivity contribution in [2.24, 2.45) is 0 Å². The van der Waals surface area contributed by atoms with Gasteiger partial charge in [0.1, 0.15) is 0 Å².